The molecule has 0 spiro atoms. The normalized spacial score (nSPS) is 14.2. The van der Waals surface area contributed by atoms with Crippen molar-refractivity contribution in [3.63, 3.8) is 0 Å². The fourth-order valence-electron chi connectivity index (χ4n) is 3.61. The molecule has 2 amide bonds. The van der Waals surface area contributed by atoms with Crippen LogP contribution >= 0.6 is 0 Å². The number of aryl methyl sites for hydroxylation is 3. The average Bonchev–Trinajstić information content (AvgIpc) is 3.00. The van der Waals surface area contributed by atoms with Gasteiger partial charge in [-0.2, -0.15) is 13.5 Å². The fraction of sp³-hybridized carbons (Fsp3) is 0.222. The third-order valence-corrected chi connectivity index (χ3v) is 5.81. The minimum atomic E-state index is -4.48. The fourth-order valence-corrected chi connectivity index (χ4v) is 4.12. The van der Waals surface area contributed by atoms with E-state index in [1.54, 1.807) is 32.5 Å². The van der Waals surface area contributed by atoms with Crippen molar-refractivity contribution >= 4 is 38.5 Å². The molecule has 1 aliphatic heterocycles. The first-order valence-corrected chi connectivity index (χ1v) is 9.77. The minimum Gasteiger partial charge on any atom is -0.282 e. The van der Waals surface area contributed by atoms with E-state index < -0.39 is 21.9 Å². The van der Waals surface area contributed by atoms with E-state index in [-0.39, 0.29) is 21.4 Å². The highest BCUT2D eigenvalue weighted by Gasteiger charge is 2.42. The van der Waals surface area contributed by atoms with Crippen molar-refractivity contribution in [3.05, 3.63) is 46.4 Å². The lowest BCUT2D eigenvalue weighted by Crippen LogP contribution is -2.30. The number of fused-ring (bicyclic) bond motifs is 3. The van der Waals surface area contributed by atoms with Crippen LogP contribution in [-0.4, -0.2) is 39.5 Å². The van der Waals surface area contributed by atoms with Gasteiger partial charge in [-0.25, -0.2) is 4.90 Å². The number of benzene rings is 1. The predicted molar refractivity (Wildman–Crippen MR) is 100 cm³/mol. The molecule has 0 atom stereocenters. The van der Waals surface area contributed by atoms with Gasteiger partial charge in [0.15, 0.2) is 0 Å². The van der Waals surface area contributed by atoms with Gasteiger partial charge in [0.25, 0.3) is 21.9 Å². The molecule has 0 aliphatic carbocycles. The zero-order chi connectivity index (χ0) is 20.5. The molecule has 28 heavy (non-hydrogen) atoms. The second kappa shape index (κ2) is 5.69. The Labute approximate surface area is 160 Å². The number of anilines is 1. The van der Waals surface area contributed by atoms with E-state index in [9.17, 15) is 22.6 Å². The molecule has 144 valence electrons. The first-order chi connectivity index (χ1) is 13.0. The predicted octanol–water partition coefficient (Wildman–Crippen LogP) is 1.94. The number of hydrogen-bond donors (Lipinski definition) is 1. The Morgan fingerprint density at radius 3 is 2.21 bits per heavy atom. The summed E-state index contributed by atoms with van der Waals surface area (Å²) in [6.45, 7) is 5.07. The maximum Gasteiger partial charge on any atom is 0.294 e. The van der Waals surface area contributed by atoms with Gasteiger partial charge in [-0.3, -0.25) is 23.8 Å². The van der Waals surface area contributed by atoms with Crippen molar-refractivity contribution in [2.75, 3.05) is 4.90 Å². The molecule has 1 N–H and O–H groups in total. The second-order valence-electron chi connectivity index (χ2n) is 6.69. The molecule has 0 saturated carbocycles. The van der Waals surface area contributed by atoms with Crippen molar-refractivity contribution in [3.8, 4) is 0 Å². The number of imide groups is 1. The molecular formula is C18H16N4O5S. The minimum absolute atomic E-state index is 0.0700. The van der Waals surface area contributed by atoms with Gasteiger partial charge in [-0.05, 0) is 39.0 Å². The summed E-state index contributed by atoms with van der Waals surface area (Å²) < 4.78 is 34.0. The summed E-state index contributed by atoms with van der Waals surface area (Å²) in [5.74, 6) is -1.12. The molecule has 3 aromatic rings. The molecule has 0 fully saturated rings. The molecule has 0 radical (unpaired) electrons. The maximum atomic E-state index is 13.3. The molecule has 4 rings (SSSR count). The van der Waals surface area contributed by atoms with Crippen molar-refractivity contribution in [2.45, 2.75) is 25.7 Å². The van der Waals surface area contributed by atoms with Crippen LogP contribution in [0.15, 0.2) is 23.1 Å². The Morgan fingerprint density at radius 1 is 1.00 bits per heavy atom. The third-order valence-electron chi connectivity index (χ3n) is 4.96. The van der Waals surface area contributed by atoms with Gasteiger partial charge in [-0.15, -0.1) is 0 Å². The monoisotopic (exact) mass is 400 g/mol. The Morgan fingerprint density at radius 2 is 1.64 bits per heavy atom. The largest absolute Gasteiger partial charge is 0.294 e. The van der Waals surface area contributed by atoms with Crippen LogP contribution in [0.25, 0.3) is 10.9 Å². The van der Waals surface area contributed by atoms with E-state index in [0.29, 0.717) is 28.3 Å². The lowest BCUT2D eigenvalue weighted by Gasteiger charge is -2.14. The van der Waals surface area contributed by atoms with Crippen LogP contribution in [0.4, 0.5) is 5.69 Å². The zero-order valence-corrected chi connectivity index (χ0v) is 16.3. The number of aromatic nitrogens is 3. The first-order valence-electron chi connectivity index (χ1n) is 8.33. The highest BCUT2D eigenvalue weighted by Crippen LogP contribution is 2.37. The topological polar surface area (TPSA) is 122 Å². The summed E-state index contributed by atoms with van der Waals surface area (Å²) in [4.78, 5) is 31.4. The van der Waals surface area contributed by atoms with E-state index in [2.05, 4.69) is 10.1 Å². The van der Waals surface area contributed by atoms with Gasteiger partial charge in [0, 0.05) is 12.4 Å². The van der Waals surface area contributed by atoms with Gasteiger partial charge >= 0.3 is 0 Å². The van der Waals surface area contributed by atoms with Crippen molar-refractivity contribution in [1.82, 2.24) is 14.8 Å². The molecule has 0 bridgehead atoms. The summed E-state index contributed by atoms with van der Waals surface area (Å²) in [7, 11) is -2.77. The van der Waals surface area contributed by atoms with Crippen LogP contribution in [0.3, 0.4) is 0 Å². The molecule has 0 unspecified atom stereocenters. The number of nitrogens with zero attached hydrogens (tertiary/aromatic N) is 4. The standard InChI is InChI=1S/C18H16N4O5S/c1-8-14-15(12-7-11(28(25,26)27)5-6-13(12)19-8)18(24)22(17(14)23)16-9(2)20-21(4)10(16)3/h5-7H,1-4H3,(H,25,26,27). The molecule has 3 heterocycles. The first kappa shape index (κ1) is 18.3. The third kappa shape index (κ3) is 2.38. The quantitative estimate of drug-likeness (QED) is 0.515. The average molecular weight is 400 g/mol. The van der Waals surface area contributed by atoms with Gasteiger partial charge in [0.1, 0.15) is 0 Å². The summed E-state index contributed by atoms with van der Waals surface area (Å²) >= 11 is 0. The number of carbonyl (C=O) groups is 2. The van der Waals surface area contributed by atoms with Gasteiger partial charge < -0.3 is 0 Å². The summed E-state index contributed by atoms with van der Waals surface area (Å²) in [5.41, 5.74) is 2.46. The highest BCUT2D eigenvalue weighted by atomic mass is 32.2. The molecular weight excluding hydrogens is 384 g/mol. The van der Waals surface area contributed by atoms with Crippen LogP contribution in [-0.2, 0) is 17.2 Å². The van der Waals surface area contributed by atoms with Crippen LogP contribution in [0.5, 0.6) is 0 Å². The van der Waals surface area contributed by atoms with Crippen LogP contribution in [0.2, 0.25) is 0 Å². The van der Waals surface area contributed by atoms with Crippen molar-refractivity contribution in [1.29, 1.82) is 0 Å². The smallest absolute Gasteiger partial charge is 0.282 e. The number of carbonyl (C=O) groups excluding carboxylic acids is 2. The number of rotatable bonds is 2. The molecule has 10 heteroatoms. The van der Waals surface area contributed by atoms with Crippen LogP contribution < -0.4 is 4.90 Å². The van der Waals surface area contributed by atoms with Gasteiger partial charge in [0.05, 0.1) is 44.3 Å². The second-order valence-corrected chi connectivity index (χ2v) is 8.11. The lowest BCUT2D eigenvalue weighted by molar-refractivity contribution is 0.0926. The Balaban J connectivity index is 2.04. The molecule has 9 nitrogen and oxygen atoms in total. The van der Waals surface area contributed by atoms with Crippen molar-refractivity contribution in [2.24, 2.45) is 7.05 Å². The Bertz CT molecular complexity index is 1320. The summed E-state index contributed by atoms with van der Waals surface area (Å²) in [5, 5.41) is 4.45. The summed E-state index contributed by atoms with van der Waals surface area (Å²) in [6.07, 6.45) is 0. The lowest BCUT2D eigenvalue weighted by atomic mass is 10.0. The van der Waals surface area contributed by atoms with E-state index in [0.717, 1.165) is 11.0 Å². The maximum absolute atomic E-state index is 13.3. The SMILES string of the molecule is Cc1nc2ccc(S(=O)(=O)O)cc2c2c1C(=O)N(c1c(C)nn(C)c1C)C2=O. The zero-order valence-electron chi connectivity index (χ0n) is 15.5. The molecule has 2 aromatic heterocycles. The molecule has 1 aliphatic rings. The van der Waals surface area contributed by atoms with Crippen molar-refractivity contribution < 1.29 is 22.6 Å². The van der Waals surface area contributed by atoms with Gasteiger partial charge in [0.2, 0.25) is 0 Å². The Kier molecular flexibility index (Phi) is 3.71. The van der Waals surface area contributed by atoms with Gasteiger partial charge in [-0.1, -0.05) is 0 Å². The van der Waals surface area contributed by atoms with Crippen LogP contribution in [0.1, 0.15) is 37.8 Å². The Hall–Kier alpha value is -3.11. The van der Waals surface area contributed by atoms with E-state index in [1.807, 2.05) is 0 Å². The number of amides is 2. The summed E-state index contributed by atoms with van der Waals surface area (Å²) in [6, 6.07) is 3.76. The van der Waals surface area contributed by atoms with E-state index in [4.69, 9.17) is 0 Å². The molecule has 0 saturated heterocycles. The van der Waals surface area contributed by atoms with Crippen LogP contribution in [0, 0.1) is 20.8 Å². The highest BCUT2D eigenvalue weighted by molar-refractivity contribution is 7.85. The van der Waals surface area contributed by atoms with E-state index >= 15 is 0 Å². The number of hydrogen-bond acceptors (Lipinski definition) is 6. The number of pyridine rings is 1. The molecule has 1 aromatic carbocycles. The van der Waals surface area contributed by atoms with E-state index in [1.165, 1.54) is 12.1 Å².